The first-order chi connectivity index (χ1) is 12.3. The van der Waals surface area contributed by atoms with Crippen LogP contribution in [0.5, 0.6) is 0 Å². The molecule has 26 heavy (non-hydrogen) atoms. The fourth-order valence-corrected chi connectivity index (χ4v) is 4.92. The number of aromatic nitrogens is 1. The van der Waals surface area contributed by atoms with Gasteiger partial charge in [0.2, 0.25) is 10.0 Å². The average Bonchev–Trinajstić information content (AvgIpc) is 3.07. The van der Waals surface area contributed by atoms with Gasteiger partial charge in [0, 0.05) is 31.8 Å². The van der Waals surface area contributed by atoms with Crippen molar-refractivity contribution in [3.05, 3.63) is 23.5 Å². The van der Waals surface area contributed by atoms with Crippen LogP contribution in [0.25, 0.3) is 5.70 Å². The Morgan fingerprint density at radius 2 is 2.12 bits per heavy atom. The molecule has 1 aromatic rings. The first-order valence-electron chi connectivity index (χ1n) is 8.70. The molecule has 0 atom stereocenters. The normalized spacial score (nSPS) is 25.3. The van der Waals surface area contributed by atoms with E-state index < -0.39 is 10.0 Å². The second kappa shape index (κ2) is 7.34. The highest BCUT2D eigenvalue weighted by atomic mass is 32.2. The zero-order valence-electron chi connectivity index (χ0n) is 15.2. The van der Waals surface area contributed by atoms with Gasteiger partial charge in [-0.25, -0.2) is 23.6 Å². The fraction of sp³-hybridized carbons (Fsp3) is 0.529. The molecule has 0 amide bonds. The molecular weight excluding hydrogens is 352 g/mol. The fourth-order valence-electron chi connectivity index (χ4n) is 3.69. The van der Waals surface area contributed by atoms with Crippen LogP contribution in [0.2, 0.25) is 0 Å². The largest absolute Gasteiger partial charge is 0.346 e. The van der Waals surface area contributed by atoms with E-state index in [1.807, 2.05) is 12.3 Å². The van der Waals surface area contributed by atoms with Crippen LogP contribution in [0.15, 0.2) is 27.9 Å². The van der Waals surface area contributed by atoms with Crippen molar-refractivity contribution in [3.63, 3.8) is 0 Å². The van der Waals surface area contributed by atoms with Gasteiger partial charge >= 0.3 is 0 Å². The molecule has 0 saturated heterocycles. The molecule has 1 aliphatic heterocycles. The Kier molecular flexibility index (Phi) is 5.31. The molecule has 1 saturated carbocycles. The number of rotatable bonds is 5. The van der Waals surface area contributed by atoms with Crippen molar-refractivity contribution in [1.29, 1.82) is 0 Å². The molecule has 3 N–H and O–H groups in total. The summed E-state index contributed by atoms with van der Waals surface area (Å²) in [5.41, 5.74) is 2.58. The number of nitrogens with zero attached hydrogens (tertiary/aromatic N) is 4. The highest BCUT2D eigenvalue weighted by molar-refractivity contribution is 7.89. The smallest absolute Gasteiger partial charge is 0.213 e. The molecule has 9 heteroatoms. The molecule has 2 aliphatic rings. The minimum atomic E-state index is -3.17. The number of nitrogens with one attached hydrogen (secondary N) is 1. The van der Waals surface area contributed by atoms with E-state index in [4.69, 9.17) is 5.84 Å². The summed E-state index contributed by atoms with van der Waals surface area (Å²) >= 11 is 0. The zero-order valence-corrected chi connectivity index (χ0v) is 16.0. The van der Waals surface area contributed by atoms with Crippen LogP contribution in [0.4, 0.5) is 5.82 Å². The molecule has 0 bridgehead atoms. The van der Waals surface area contributed by atoms with Crippen molar-refractivity contribution < 1.29 is 8.42 Å². The van der Waals surface area contributed by atoms with E-state index in [-0.39, 0.29) is 17.6 Å². The summed E-state index contributed by atoms with van der Waals surface area (Å²) in [5, 5.41) is 1.49. The summed E-state index contributed by atoms with van der Waals surface area (Å²) < 4.78 is 25.5. The van der Waals surface area contributed by atoms with E-state index in [1.54, 1.807) is 20.4 Å². The number of sulfonamides is 1. The van der Waals surface area contributed by atoms with Crippen LogP contribution in [0, 0.1) is 11.8 Å². The summed E-state index contributed by atoms with van der Waals surface area (Å²) in [6, 6.07) is 1.93. The van der Waals surface area contributed by atoms with Crippen molar-refractivity contribution in [3.8, 4) is 0 Å². The molecular formula is C17H26N6O2S. The summed E-state index contributed by atoms with van der Waals surface area (Å²) in [5.74, 6) is 7.47. The van der Waals surface area contributed by atoms with Crippen LogP contribution >= 0.6 is 0 Å². The molecule has 8 nitrogen and oxygen atoms in total. The lowest BCUT2D eigenvalue weighted by Crippen LogP contribution is -2.33. The molecule has 0 spiro atoms. The van der Waals surface area contributed by atoms with Crippen molar-refractivity contribution in [1.82, 2.24) is 14.3 Å². The van der Waals surface area contributed by atoms with Crippen LogP contribution < -0.4 is 5.84 Å². The summed E-state index contributed by atoms with van der Waals surface area (Å²) in [6.45, 7) is 3.76. The van der Waals surface area contributed by atoms with Crippen LogP contribution in [0.3, 0.4) is 0 Å². The summed E-state index contributed by atoms with van der Waals surface area (Å²) in [7, 11) is -0.000291. The maximum absolute atomic E-state index is 12.1. The van der Waals surface area contributed by atoms with E-state index in [1.165, 1.54) is 9.31 Å². The zero-order chi connectivity index (χ0) is 18.9. The number of hydrogen-bond donors (Lipinski definition) is 2. The average molecular weight is 379 g/mol. The maximum Gasteiger partial charge on any atom is 0.213 e. The minimum Gasteiger partial charge on any atom is -0.346 e. The van der Waals surface area contributed by atoms with E-state index in [9.17, 15) is 8.42 Å². The molecule has 0 radical (unpaired) electrons. The molecule has 2 heterocycles. The quantitative estimate of drug-likeness (QED) is 0.603. The van der Waals surface area contributed by atoms with Gasteiger partial charge in [-0.05, 0) is 44.4 Å². The first kappa shape index (κ1) is 18.8. The Labute approximate surface area is 154 Å². The Hall–Kier alpha value is -1.97. The third-order valence-corrected chi connectivity index (χ3v) is 7.20. The monoisotopic (exact) mass is 378 g/mol. The predicted octanol–water partition coefficient (Wildman–Crippen LogP) is 1.93. The summed E-state index contributed by atoms with van der Waals surface area (Å²) in [4.78, 5) is 11.7. The first-order valence-corrected chi connectivity index (χ1v) is 10.3. The molecule has 0 unspecified atom stereocenters. The molecule has 142 valence electrons. The van der Waals surface area contributed by atoms with Gasteiger partial charge in [0.15, 0.2) is 0 Å². The third kappa shape index (κ3) is 3.60. The SMILES string of the molecule is C=N/C(=C1/c2cc[nH]c2N=CN1N)[C@H]1CC[C@H](CS(=O)(=O)N(C)C)CC1. The van der Waals surface area contributed by atoms with E-state index in [0.29, 0.717) is 0 Å². The highest BCUT2D eigenvalue weighted by Gasteiger charge is 2.31. The molecule has 3 rings (SSSR count). The molecule has 1 aromatic heterocycles. The van der Waals surface area contributed by atoms with Gasteiger partial charge < -0.3 is 4.98 Å². The molecule has 0 aromatic carbocycles. The number of aliphatic imine (C=N–C) groups is 2. The van der Waals surface area contributed by atoms with Crippen LogP contribution in [0.1, 0.15) is 31.2 Å². The van der Waals surface area contributed by atoms with Crippen molar-refractivity contribution in [2.24, 2.45) is 27.7 Å². The Morgan fingerprint density at radius 3 is 2.73 bits per heavy atom. The molecule has 1 aliphatic carbocycles. The van der Waals surface area contributed by atoms with Gasteiger partial charge in [-0.2, -0.15) is 0 Å². The van der Waals surface area contributed by atoms with Gasteiger partial charge in [0.1, 0.15) is 12.2 Å². The predicted molar refractivity (Wildman–Crippen MR) is 104 cm³/mol. The van der Waals surface area contributed by atoms with Gasteiger partial charge in [-0.3, -0.25) is 10.0 Å². The Balaban J connectivity index is 1.78. The second-order valence-electron chi connectivity index (χ2n) is 7.06. The lowest BCUT2D eigenvalue weighted by atomic mass is 9.80. The number of allylic oxidation sites excluding steroid dienone is 1. The van der Waals surface area contributed by atoms with E-state index in [2.05, 4.69) is 21.7 Å². The third-order valence-electron chi connectivity index (χ3n) is 5.20. The topological polar surface area (TPSA) is 107 Å². The molecule has 1 fully saturated rings. The van der Waals surface area contributed by atoms with Gasteiger partial charge in [0.25, 0.3) is 0 Å². The van der Waals surface area contributed by atoms with Gasteiger partial charge in [-0.1, -0.05) is 0 Å². The maximum atomic E-state index is 12.1. The van der Waals surface area contributed by atoms with Crippen LogP contribution in [-0.2, 0) is 10.0 Å². The Bertz CT molecular complexity index is 831. The van der Waals surface area contributed by atoms with Crippen molar-refractivity contribution >= 4 is 34.6 Å². The standard InChI is InChI=1S/C17H26N6O2S/c1-19-15(16-14-8-9-20-17(14)21-11-23(16)18)13-6-4-12(5-7-13)10-26(24,25)22(2)3/h8-9,11-13,20H,1,4-7,10,18H2,2-3H3/b16-15-/t12-,13-. The number of hydrogen-bond acceptors (Lipinski definition) is 6. The number of aromatic amines is 1. The Morgan fingerprint density at radius 1 is 1.42 bits per heavy atom. The van der Waals surface area contributed by atoms with Gasteiger partial charge in [-0.15, -0.1) is 0 Å². The highest BCUT2D eigenvalue weighted by Crippen LogP contribution is 2.40. The number of fused-ring (bicyclic) bond motifs is 1. The number of hydrazine groups is 1. The lowest BCUT2D eigenvalue weighted by Gasteiger charge is -2.32. The second-order valence-corrected chi connectivity index (χ2v) is 9.29. The number of nitrogens with two attached hydrogens (primary N) is 1. The van der Waals surface area contributed by atoms with Crippen LogP contribution in [-0.4, -0.2) is 55.6 Å². The van der Waals surface area contributed by atoms with Crippen molar-refractivity contribution in [2.45, 2.75) is 25.7 Å². The lowest BCUT2D eigenvalue weighted by molar-refractivity contribution is 0.316. The van der Waals surface area contributed by atoms with E-state index >= 15 is 0 Å². The van der Waals surface area contributed by atoms with E-state index in [0.717, 1.165) is 48.5 Å². The number of H-pyrrole nitrogens is 1. The summed E-state index contributed by atoms with van der Waals surface area (Å²) in [6.07, 6.45) is 6.83. The van der Waals surface area contributed by atoms with Gasteiger partial charge in [0.05, 0.1) is 17.1 Å². The van der Waals surface area contributed by atoms with Crippen molar-refractivity contribution in [2.75, 3.05) is 19.8 Å². The minimum absolute atomic E-state index is 0.180.